The number of rotatable bonds is 4. The Kier molecular flexibility index (Phi) is 3.71. The molecule has 0 unspecified atom stereocenters. The Labute approximate surface area is 124 Å². The van der Waals surface area contributed by atoms with Crippen molar-refractivity contribution in [1.82, 2.24) is 19.5 Å². The van der Waals surface area contributed by atoms with Crippen LogP contribution in [0.3, 0.4) is 0 Å². The number of hydrogen-bond donors (Lipinski definition) is 1. The summed E-state index contributed by atoms with van der Waals surface area (Å²) in [5, 5.41) is 1.02. The molecule has 0 saturated heterocycles. The van der Waals surface area contributed by atoms with Crippen molar-refractivity contribution >= 4 is 23.4 Å². The molecule has 106 valence electrons. The van der Waals surface area contributed by atoms with Gasteiger partial charge >= 0.3 is 0 Å². The van der Waals surface area contributed by atoms with Crippen LogP contribution in [-0.4, -0.2) is 26.1 Å². The second kappa shape index (κ2) is 5.49. The second-order valence-corrected chi connectivity index (χ2v) is 5.63. The van der Waals surface area contributed by atoms with E-state index in [2.05, 4.69) is 15.0 Å². The van der Waals surface area contributed by atoms with Gasteiger partial charge in [0, 0.05) is 18.7 Å². The molecule has 8 heteroatoms. The summed E-state index contributed by atoms with van der Waals surface area (Å²) in [7, 11) is 0. The lowest BCUT2D eigenvalue weighted by molar-refractivity contribution is 0.342. The van der Waals surface area contributed by atoms with Crippen molar-refractivity contribution < 1.29 is 4.74 Å². The number of fused-ring (bicyclic) bond motifs is 1. The van der Waals surface area contributed by atoms with Gasteiger partial charge in [0.1, 0.15) is 0 Å². The maximum atomic E-state index is 11.9. The fourth-order valence-electron chi connectivity index (χ4n) is 2.05. The molecule has 2 aromatic rings. The summed E-state index contributed by atoms with van der Waals surface area (Å²) >= 11 is 7.46. The number of imidazole rings is 1. The molecule has 20 heavy (non-hydrogen) atoms. The van der Waals surface area contributed by atoms with E-state index in [1.54, 1.807) is 6.33 Å². The van der Waals surface area contributed by atoms with Crippen molar-refractivity contribution in [3.8, 4) is 5.88 Å². The maximum absolute atomic E-state index is 11.9. The van der Waals surface area contributed by atoms with Crippen LogP contribution in [0.5, 0.6) is 5.88 Å². The van der Waals surface area contributed by atoms with Gasteiger partial charge in [-0.25, -0.2) is 4.98 Å². The molecule has 0 aliphatic carbocycles. The van der Waals surface area contributed by atoms with Crippen molar-refractivity contribution in [3.05, 3.63) is 33.1 Å². The molecule has 0 bridgehead atoms. The molecule has 0 aromatic carbocycles. The van der Waals surface area contributed by atoms with Gasteiger partial charge < -0.3 is 14.3 Å². The largest absolute Gasteiger partial charge is 0.477 e. The van der Waals surface area contributed by atoms with Crippen LogP contribution in [0, 0.1) is 0 Å². The van der Waals surface area contributed by atoms with Crippen LogP contribution in [0.4, 0.5) is 0 Å². The summed E-state index contributed by atoms with van der Waals surface area (Å²) in [5.41, 5.74) is 1.43. The zero-order chi connectivity index (χ0) is 14.1. The van der Waals surface area contributed by atoms with E-state index in [9.17, 15) is 4.79 Å². The standard InChI is InChI=1S/C12H13ClN4O2S/c1-2-17-6-14-9(13)8(17)5-20-12-15-10(18)7-3-4-19-11(7)16-12/h6H,2-5H2,1H3,(H,15,16,18). The van der Waals surface area contributed by atoms with Crippen LogP contribution in [0.1, 0.15) is 18.2 Å². The molecule has 0 amide bonds. The number of aromatic amines is 1. The fraction of sp³-hybridized carbons (Fsp3) is 0.417. The Bertz CT molecular complexity index is 697. The highest BCUT2D eigenvalue weighted by Gasteiger charge is 2.19. The molecule has 6 nitrogen and oxygen atoms in total. The topological polar surface area (TPSA) is 72.8 Å². The second-order valence-electron chi connectivity index (χ2n) is 4.31. The fourth-order valence-corrected chi connectivity index (χ4v) is 3.24. The molecule has 0 atom stereocenters. The molecule has 3 heterocycles. The number of nitrogens with zero attached hydrogens (tertiary/aromatic N) is 3. The van der Waals surface area contributed by atoms with Gasteiger partial charge in [-0.3, -0.25) is 4.79 Å². The summed E-state index contributed by atoms with van der Waals surface area (Å²) in [6, 6.07) is 0. The number of aromatic nitrogens is 4. The summed E-state index contributed by atoms with van der Waals surface area (Å²) < 4.78 is 7.31. The molecule has 1 N–H and O–H groups in total. The molecule has 0 spiro atoms. The van der Waals surface area contributed by atoms with Crippen LogP contribution in [-0.2, 0) is 18.7 Å². The average Bonchev–Trinajstić information content (AvgIpc) is 3.03. The Morgan fingerprint density at radius 1 is 1.60 bits per heavy atom. The van der Waals surface area contributed by atoms with Crippen molar-refractivity contribution in [2.45, 2.75) is 30.8 Å². The van der Waals surface area contributed by atoms with Crippen molar-refractivity contribution in [3.63, 3.8) is 0 Å². The van der Waals surface area contributed by atoms with Crippen LogP contribution < -0.4 is 10.3 Å². The van der Waals surface area contributed by atoms with Crippen molar-refractivity contribution in [2.75, 3.05) is 6.61 Å². The van der Waals surface area contributed by atoms with Gasteiger partial charge in [0.05, 0.1) is 24.2 Å². The molecule has 3 rings (SSSR count). The number of H-pyrrole nitrogens is 1. The van der Waals surface area contributed by atoms with Gasteiger partial charge in [-0.15, -0.1) is 0 Å². The van der Waals surface area contributed by atoms with Crippen LogP contribution >= 0.6 is 23.4 Å². The first-order valence-electron chi connectivity index (χ1n) is 6.27. The number of aryl methyl sites for hydroxylation is 1. The van der Waals surface area contributed by atoms with Crippen LogP contribution in [0.25, 0.3) is 0 Å². The third-order valence-electron chi connectivity index (χ3n) is 3.13. The van der Waals surface area contributed by atoms with E-state index in [1.165, 1.54) is 11.8 Å². The minimum absolute atomic E-state index is 0.120. The van der Waals surface area contributed by atoms with Gasteiger partial charge in [-0.2, -0.15) is 4.98 Å². The first-order chi connectivity index (χ1) is 9.69. The lowest BCUT2D eigenvalue weighted by Crippen LogP contribution is -2.12. The molecule has 2 aromatic heterocycles. The molecular weight excluding hydrogens is 300 g/mol. The highest BCUT2D eigenvalue weighted by Crippen LogP contribution is 2.26. The van der Waals surface area contributed by atoms with E-state index in [0.29, 0.717) is 40.5 Å². The van der Waals surface area contributed by atoms with E-state index in [4.69, 9.17) is 16.3 Å². The average molecular weight is 313 g/mol. The molecule has 0 fully saturated rings. The monoisotopic (exact) mass is 312 g/mol. The number of ether oxygens (including phenoxy) is 1. The highest BCUT2D eigenvalue weighted by atomic mass is 35.5. The molecule has 0 radical (unpaired) electrons. The summed E-state index contributed by atoms with van der Waals surface area (Å²) in [6.45, 7) is 3.34. The first-order valence-corrected chi connectivity index (χ1v) is 7.63. The van der Waals surface area contributed by atoms with Crippen molar-refractivity contribution in [2.24, 2.45) is 0 Å². The third kappa shape index (κ3) is 2.43. The minimum Gasteiger partial charge on any atom is -0.477 e. The molecule has 1 aliphatic rings. The van der Waals surface area contributed by atoms with E-state index >= 15 is 0 Å². The normalized spacial score (nSPS) is 13.3. The van der Waals surface area contributed by atoms with E-state index in [0.717, 1.165) is 12.2 Å². The van der Waals surface area contributed by atoms with Crippen LogP contribution in [0.15, 0.2) is 16.3 Å². The third-order valence-corrected chi connectivity index (χ3v) is 4.33. The van der Waals surface area contributed by atoms with Gasteiger partial charge in [-0.05, 0) is 6.92 Å². The summed E-state index contributed by atoms with van der Waals surface area (Å²) in [6.07, 6.45) is 2.33. The zero-order valence-electron chi connectivity index (χ0n) is 10.9. The number of halogens is 1. The minimum atomic E-state index is -0.120. The van der Waals surface area contributed by atoms with Gasteiger partial charge in [-0.1, -0.05) is 23.4 Å². The maximum Gasteiger partial charge on any atom is 0.258 e. The number of thioether (sulfide) groups is 1. The lowest BCUT2D eigenvalue weighted by Gasteiger charge is -2.06. The van der Waals surface area contributed by atoms with E-state index in [-0.39, 0.29) is 5.56 Å². The van der Waals surface area contributed by atoms with Gasteiger partial charge in [0.25, 0.3) is 5.56 Å². The Hall–Kier alpha value is -1.47. The zero-order valence-corrected chi connectivity index (χ0v) is 12.4. The quantitative estimate of drug-likeness (QED) is 0.689. The summed E-state index contributed by atoms with van der Waals surface area (Å²) in [5.74, 6) is 1.04. The SMILES string of the molecule is CCn1cnc(Cl)c1CSc1nc2c(c(=O)[nH]1)CCO2. The number of hydrogen-bond acceptors (Lipinski definition) is 5. The Morgan fingerprint density at radius 3 is 3.25 bits per heavy atom. The molecular formula is C12H13ClN4O2S. The first kappa shape index (κ1) is 13.5. The predicted molar refractivity (Wildman–Crippen MR) is 76.5 cm³/mol. The smallest absolute Gasteiger partial charge is 0.258 e. The Morgan fingerprint density at radius 2 is 2.45 bits per heavy atom. The number of nitrogens with one attached hydrogen (secondary N) is 1. The predicted octanol–water partition coefficient (Wildman–Crippen LogP) is 1.87. The van der Waals surface area contributed by atoms with Gasteiger partial charge in [0.15, 0.2) is 10.3 Å². The van der Waals surface area contributed by atoms with Crippen LogP contribution in [0.2, 0.25) is 5.15 Å². The lowest BCUT2D eigenvalue weighted by atomic mass is 10.3. The summed E-state index contributed by atoms with van der Waals surface area (Å²) in [4.78, 5) is 23.0. The molecule has 1 aliphatic heterocycles. The molecule has 0 saturated carbocycles. The van der Waals surface area contributed by atoms with E-state index in [1.807, 2.05) is 11.5 Å². The van der Waals surface area contributed by atoms with Gasteiger partial charge in [0.2, 0.25) is 5.88 Å². The van der Waals surface area contributed by atoms with Crippen molar-refractivity contribution in [1.29, 1.82) is 0 Å². The van der Waals surface area contributed by atoms with E-state index < -0.39 is 0 Å². The highest BCUT2D eigenvalue weighted by molar-refractivity contribution is 7.98. The Balaban J connectivity index is 1.81.